The molecule has 0 fully saturated rings. The Hall–Kier alpha value is -1.04. The molecule has 0 saturated heterocycles. The summed E-state index contributed by atoms with van der Waals surface area (Å²) in [5, 5.41) is 3.99. The maximum absolute atomic E-state index is 10.9. The van der Waals surface area contributed by atoms with Crippen LogP contribution in [0.2, 0.25) is 0 Å². The molecule has 0 atom stereocenters. The number of nitrogens with one attached hydrogen (secondary N) is 1. The van der Waals surface area contributed by atoms with Crippen LogP contribution < -0.4 is 4.72 Å². The van der Waals surface area contributed by atoms with Crippen molar-refractivity contribution in [2.75, 3.05) is 11.0 Å². The number of hydrogen-bond acceptors (Lipinski definition) is 3. The zero-order chi connectivity index (χ0) is 10.1. The Morgan fingerprint density at radius 3 is 2.69 bits per heavy atom. The molecule has 5 nitrogen and oxygen atoms in total. The van der Waals surface area contributed by atoms with E-state index >= 15 is 0 Å². The summed E-state index contributed by atoms with van der Waals surface area (Å²) in [4.78, 5) is 0. The third-order valence-corrected chi connectivity index (χ3v) is 2.13. The first-order valence-corrected chi connectivity index (χ1v) is 5.82. The number of anilines is 1. The molecule has 0 amide bonds. The zero-order valence-corrected chi connectivity index (χ0v) is 8.72. The Kier molecular flexibility index (Phi) is 2.60. The van der Waals surface area contributed by atoms with E-state index in [1.807, 2.05) is 6.92 Å². The third-order valence-electron chi connectivity index (χ3n) is 1.57. The van der Waals surface area contributed by atoms with Crippen LogP contribution in [0.5, 0.6) is 0 Å². The number of rotatable bonds is 3. The van der Waals surface area contributed by atoms with Gasteiger partial charge in [-0.05, 0) is 6.42 Å². The van der Waals surface area contributed by atoms with Crippen molar-refractivity contribution in [3.8, 4) is 0 Å². The molecule has 0 spiro atoms. The fourth-order valence-corrected chi connectivity index (χ4v) is 1.58. The van der Waals surface area contributed by atoms with Crippen molar-refractivity contribution in [2.24, 2.45) is 7.05 Å². The van der Waals surface area contributed by atoms with Crippen LogP contribution in [-0.4, -0.2) is 24.5 Å². The highest BCUT2D eigenvalue weighted by atomic mass is 32.2. The van der Waals surface area contributed by atoms with Crippen molar-refractivity contribution >= 4 is 15.8 Å². The summed E-state index contributed by atoms with van der Waals surface area (Å²) in [6.45, 7) is 1.95. The van der Waals surface area contributed by atoms with E-state index in [2.05, 4.69) is 9.82 Å². The van der Waals surface area contributed by atoms with Crippen molar-refractivity contribution in [3.05, 3.63) is 11.8 Å². The largest absolute Gasteiger partial charge is 0.273 e. The predicted molar refractivity (Wildman–Crippen MR) is 51.1 cm³/mol. The second-order valence-corrected chi connectivity index (χ2v) is 4.65. The van der Waals surface area contributed by atoms with Gasteiger partial charge in [0.25, 0.3) is 0 Å². The predicted octanol–water partition coefficient (Wildman–Crippen LogP) is 0.354. The second-order valence-electron chi connectivity index (χ2n) is 2.90. The fraction of sp³-hybridized carbons (Fsp3) is 0.571. The molecule has 0 unspecified atom stereocenters. The van der Waals surface area contributed by atoms with Gasteiger partial charge in [0.05, 0.1) is 6.26 Å². The molecule has 0 aliphatic heterocycles. The molecular weight excluding hydrogens is 190 g/mol. The van der Waals surface area contributed by atoms with Crippen molar-refractivity contribution in [1.29, 1.82) is 0 Å². The summed E-state index contributed by atoms with van der Waals surface area (Å²) in [5.41, 5.74) is 0.896. The van der Waals surface area contributed by atoms with E-state index in [9.17, 15) is 8.42 Å². The van der Waals surface area contributed by atoms with Gasteiger partial charge in [0.1, 0.15) is 0 Å². The third kappa shape index (κ3) is 2.73. The van der Waals surface area contributed by atoms with E-state index in [0.29, 0.717) is 5.82 Å². The average molecular weight is 203 g/mol. The lowest BCUT2D eigenvalue weighted by atomic mass is 10.3. The van der Waals surface area contributed by atoms with Crippen LogP contribution in [0.4, 0.5) is 5.82 Å². The normalized spacial score (nSPS) is 11.6. The first kappa shape index (κ1) is 10.0. The van der Waals surface area contributed by atoms with Crippen LogP contribution in [0.1, 0.15) is 12.5 Å². The highest BCUT2D eigenvalue weighted by Crippen LogP contribution is 2.13. The molecular formula is C7H13N3O2S. The Morgan fingerprint density at radius 1 is 1.62 bits per heavy atom. The number of aromatic nitrogens is 2. The van der Waals surface area contributed by atoms with Gasteiger partial charge < -0.3 is 0 Å². The van der Waals surface area contributed by atoms with Gasteiger partial charge in [0.2, 0.25) is 10.0 Å². The molecule has 0 aliphatic carbocycles. The van der Waals surface area contributed by atoms with Gasteiger partial charge in [-0.1, -0.05) is 6.92 Å². The molecule has 74 valence electrons. The van der Waals surface area contributed by atoms with Crippen molar-refractivity contribution < 1.29 is 8.42 Å². The molecule has 0 radical (unpaired) electrons. The molecule has 0 aromatic carbocycles. The van der Waals surface area contributed by atoms with Crippen LogP contribution in [0.15, 0.2) is 6.20 Å². The highest BCUT2D eigenvalue weighted by Gasteiger charge is 2.09. The van der Waals surface area contributed by atoms with Gasteiger partial charge in [0.15, 0.2) is 5.82 Å². The van der Waals surface area contributed by atoms with Gasteiger partial charge in [-0.2, -0.15) is 5.10 Å². The zero-order valence-electron chi connectivity index (χ0n) is 7.90. The standard InChI is InChI=1S/C7H13N3O2S/c1-4-6-5-10(2)8-7(6)9-13(3,11)12/h5H,4H2,1-3H3,(H,8,9). The summed E-state index contributed by atoms with van der Waals surface area (Å²) in [6, 6.07) is 0. The summed E-state index contributed by atoms with van der Waals surface area (Å²) in [7, 11) is -1.47. The smallest absolute Gasteiger partial charge is 0.231 e. The van der Waals surface area contributed by atoms with Crippen LogP contribution in [0.25, 0.3) is 0 Å². The summed E-state index contributed by atoms with van der Waals surface area (Å²) in [5.74, 6) is 0.424. The van der Waals surface area contributed by atoms with E-state index in [0.717, 1.165) is 18.2 Å². The second kappa shape index (κ2) is 3.37. The van der Waals surface area contributed by atoms with Gasteiger partial charge in [-0.15, -0.1) is 0 Å². The topological polar surface area (TPSA) is 64.0 Å². The van der Waals surface area contributed by atoms with Gasteiger partial charge in [0, 0.05) is 18.8 Å². The van der Waals surface area contributed by atoms with E-state index in [1.54, 1.807) is 17.9 Å². The van der Waals surface area contributed by atoms with Gasteiger partial charge in [-0.25, -0.2) is 8.42 Å². The van der Waals surface area contributed by atoms with Crippen LogP contribution in [0.3, 0.4) is 0 Å². The lowest BCUT2D eigenvalue weighted by Crippen LogP contribution is -2.11. The first-order chi connectivity index (χ1) is 5.92. The Morgan fingerprint density at radius 2 is 2.23 bits per heavy atom. The van der Waals surface area contributed by atoms with Crippen molar-refractivity contribution in [2.45, 2.75) is 13.3 Å². The average Bonchev–Trinajstić information content (AvgIpc) is 2.27. The number of aryl methyl sites for hydroxylation is 2. The van der Waals surface area contributed by atoms with Crippen LogP contribution in [0, 0.1) is 0 Å². The Balaban J connectivity index is 3.00. The van der Waals surface area contributed by atoms with E-state index < -0.39 is 10.0 Å². The highest BCUT2D eigenvalue weighted by molar-refractivity contribution is 7.92. The van der Waals surface area contributed by atoms with Crippen molar-refractivity contribution in [1.82, 2.24) is 9.78 Å². The minimum absolute atomic E-state index is 0.424. The SMILES string of the molecule is CCc1cn(C)nc1NS(C)(=O)=O. The van der Waals surface area contributed by atoms with E-state index in [-0.39, 0.29) is 0 Å². The first-order valence-electron chi connectivity index (χ1n) is 3.92. The molecule has 0 aliphatic rings. The number of nitrogens with zero attached hydrogens (tertiary/aromatic N) is 2. The minimum Gasteiger partial charge on any atom is -0.273 e. The molecule has 1 N–H and O–H groups in total. The minimum atomic E-state index is -3.22. The lowest BCUT2D eigenvalue weighted by Gasteiger charge is -2.00. The molecule has 1 rings (SSSR count). The molecule has 1 aromatic heterocycles. The Labute approximate surface area is 77.8 Å². The maximum atomic E-state index is 10.9. The monoisotopic (exact) mass is 203 g/mol. The van der Waals surface area contributed by atoms with E-state index in [4.69, 9.17) is 0 Å². The Bertz CT molecular complexity index is 394. The number of sulfonamides is 1. The molecule has 1 aromatic rings. The quantitative estimate of drug-likeness (QED) is 0.771. The van der Waals surface area contributed by atoms with Gasteiger partial charge >= 0.3 is 0 Å². The molecule has 0 saturated carbocycles. The van der Waals surface area contributed by atoms with Crippen LogP contribution in [-0.2, 0) is 23.5 Å². The molecule has 1 heterocycles. The summed E-state index contributed by atoms with van der Waals surface area (Å²) < 4.78 is 25.8. The molecule has 13 heavy (non-hydrogen) atoms. The molecule has 6 heteroatoms. The lowest BCUT2D eigenvalue weighted by molar-refractivity contribution is 0.606. The fourth-order valence-electron chi connectivity index (χ4n) is 1.06. The molecule has 0 bridgehead atoms. The summed E-state index contributed by atoms with van der Waals surface area (Å²) in [6.07, 6.45) is 3.67. The van der Waals surface area contributed by atoms with Gasteiger partial charge in [-0.3, -0.25) is 9.40 Å². The van der Waals surface area contributed by atoms with Crippen LogP contribution >= 0.6 is 0 Å². The van der Waals surface area contributed by atoms with Crippen molar-refractivity contribution in [3.63, 3.8) is 0 Å². The maximum Gasteiger partial charge on any atom is 0.231 e. The van der Waals surface area contributed by atoms with E-state index in [1.165, 1.54) is 0 Å². The summed E-state index contributed by atoms with van der Waals surface area (Å²) >= 11 is 0. The number of hydrogen-bond donors (Lipinski definition) is 1.